The van der Waals surface area contributed by atoms with Gasteiger partial charge in [0.25, 0.3) is 0 Å². The largest absolute Gasteiger partial charge is 0.395 e. The lowest BCUT2D eigenvalue weighted by molar-refractivity contribution is -0.123. The molecule has 0 saturated carbocycles. The van der Waals surface area contributed by atoms with Gasteiger partial charge >= 0.3 is 0 Å². The van der Waals surface area contributed by atoms with Crippen molar-refractivity contribution >= 4 is 40.7 Å². The molecule has 4 N–H and O–H groups in total. The van der Waals surface area contributed by atoms with Gasteiger partial charge in [-0.25, -0.2) is 8.78 Å². The first-order valence-electron chi connectivity index (χ1n) is 15.2. The fourth-order valence-corrected chi connectivity index (χ4v) is 7.49. The summed E-state index contributed by atoms with van der Waals surface area (Å²) < 4.78 is 29.4. The molecule has 2 saturated heterocycles. The maximum atomic E-state index is 15.1. The second kappa shape index (κ2) is 13.2. The summed E-state index contributed by atoms with van der Waals surface area (Å²) in [7, 11) is 0. The Morgan fingerprint density at radius 3 is 2.34 bits per heavy atom. The number of hydrogen-bond donors (Lipinski definition) is 4. The Kier molecular flexibility index (Phi) is 9.90. The fraction of sp³-hybridized carbons (Fsp3) is 0.562. The van der Waals surface area contributed by atoms with Crippen LogP contribution in [0.5, 0.6) is 0 Å². The SMILES string of the molecule is CC(C)(C)C[C@H]1N[C@@H](C(=O)NCCCN2CCN(CCO)CC2)[C@H](c2ccc(F)c(Cl)c2)[C@@]12C(=O)Nc1cc(Cl)c(F)cc12. The number of aliphatic hydroxyl groups is 1. The van der Waals surface area contributed by atoms with Crippen molar-refractivity contribution in [3.8, 4) is 0 Å². The molecule has 0 bridgehead atoms. The molecule has 8 nitrogen and oxygen atoms in total. The van der Waals surface area contributed by atoms with Gasteiger partial charge in [-0.1, -0.05) is 50.0 Å². The van der Waals surface area contributed by atoms with Gasteiger partial charge in [0.05, 0.1) is 22.7 Å². The third-order valence-electron chi connectivity index (χ3n) is 9.12. The van der Waals surface area contributed by atoms with E-state index in [2.05, 4.69) is 25.8 Å². The minimum Gasteiger partial charge on any atom is -0.395 e. The van der Waals surface area contributed by atoms with Crippen LogP contribution in [0, 0.1) is 17.0 Å². The van der Waals surface area contributed by atoms with Crippen LogP contribution < -0.4 is 16.0 Å². The molecule has 2 amide bonds. The van der Waals surface area contributed by atoms with Crippen molar-refractivity contribution in [2.24, 2.45) is 5.41 Å². The Labute approximate surface area is 267 Å². The lowest BCUT2D eigenvalue weighted by Gasteiger charge is -2.37. The van der Waals surface area contributed by atoms with E-state index in [0.717, 1.165) is 39.1 Å². The van der Waals surface area contributed by atoms with Gasteiger partial charge in [-0.15, -0.1) is 0 Å². The fourth-order valence-electron chi connectivity index (χ4n) is 7.14. The number of nitrogens with one attached hydrogen (secondary N) is 3. The third-order valence-corrected chi connectivity index (χ3v) is 9.70. The highest BCUT2D eigenvalue weighted by Gasteiger charge is 2.66. The predicted octanol–water partition coefficient (Wildman–Crippen LogP) is 4.14. The number of nitrogens with zero attached hydrogens (tertiary/aromatic N) is 2. The van der Waals surface area contributed by atoms with Gasteiger partial charge in [0.2, 0.25) is 11.8 Å². The highest BCUT2D eigenvalue weighted by atomic mass is 35.5. The molecule has 4 atom stereocenters. The molecule has 0 aliphatic carbocycles. The van der Waals surface area contributed by atoms with Crippen LogP contribution in [0.1, 0.15) is 50.7 Å². The molecule has 1 spiro atoms. The smallest absolute Gasteiger partial charge is 0.237 e. The van der Waals surface area contributed by atoms with Gasteiger partial charge < -0.3 is 26.0 Å². The van der Waals surface area contributed by atoms with E-state index in [-0.39, 0.29) is 33.9 Å². The van der Waals surface area contributed by atoms with Gasteiger partial charge in [-0.05, 0) is 60.2 Å². The van der Waals surface area contributed by atoms with Crippen molar-refractivity contribution in [3.63, 3.8) is 0 Å². The van der Waals surface area contributed by atoms with Crippen LogP contribution in [0.3, 0.4) is 0 Å². The van der Waals surface area contributed by atoms with Gasteiger partial charge in [0.1, 0.15) is 17.0 Å². The van der Waals surface area contributed by atoms with Crippen molar-refractivity contribution in [2.45, 2.75) is 57.0 Å². The first-order chi connectivity index (χ1) is 20.8. The van der Waals surface area contributed by atoms with E-state index < -0.39 is 35.1 Å². The van der Waals surface area contributed by atoms with Crippen molar-refractivity contribution in [3.05, 3.63) is 63.1 Å². The van der Waals surface area contributed by atoms with Crippen LogP contribution in [-0.2, 0) is 15.0 Å². The summed E-state index contributed by atoms with van der Waals surface area (Å²) >= 11 is 12.4. The maximum Gasteiger partial charge on any atom is 0.237 e. The van der Waals surface area contributed by atoms with Crippen LogP contribution in [0.15, 0.2) is 30.3 Å². The van der Waals surface area contributed by atoms with E-state index in [1.54, 1.807) is 6.07 Å². The van der Waals surface area contributed by atoms with Crippen LogP contribution >= 0.6 is 23.2 Å². The number of rotatable bonds is 9. The minimum atomic E-state index is -1.40. The van der Waals surface area contributed by atoms with Crippen molar-refractivity contribution in [1.29, 1.82) is 0 Å². The molecule has 5 rings (SSSR count). The van der Waals surface area contributed by atoms with E-state index in [4.69, 9.17) is 23.2 Å². The monoisotopic (exact) mass is 651 g/mol. The second-order valence-corrected chi connectivity index (χ2v) is 14.1. The number of hydrogen-bond acceptors (Lipinski definition) is 6. The number of aliphatic hydroxyl groups excluding tert-OH is 1. The zero-order valence-electron chi connectivity index (χ0n) is 25.4. The van der Waals surface area contributed by atoms with E-state index in [0.29, 0.717) is 36.3 Å². The van der Waals surface area contributed by atoms with E-state index >= 15 is 4.39 Å². The summed E-state index contributed by atoms with van der Waals surface area (Å²) in [5.74, 6) is -2.79. The van der Waals surface area contributed by atoms with E-state index in [9.17, 15) is 19.1 Å². The van der Waals surface area contributed by atoms with Crippen LogP contribution in [0.25, 0.3) is 0 Å². The molecule has 2 fully saturated rings. The van der Waals surface area contributed by atoms with Gasteiger partial charge in [-0.3, -0.25) is 14.5 Å². The molecule has 12 heteroatoms. The highest BCUT2D eigenvalue weighted by Crippen LogP contribution is 2.57. The van der Waals surface area contributed by atoms with Gasteiger partial charge in [0.15, 0.2) is 0 Å². The third kappa shape index (κ3) is 6.48. The van der Waals surface area contributed by atoms with Crippen molar-refractivity contribution in [1.82, 2.24) is 20.4 Å². The highest BCUT2D eigenvalue weighted by molar-refractivity contribution is 6.31. The van der Waals surface area contributed by atoms with Crippen LogP contribution in [0.4, 0.5) is 14.5 Å². The molecule has 44 heavy (non-hydrogen) atoms. The zero-order chi connectivity index (χ0) is 31.8. The normalized spacial score (nSPS) is 25.8. The standard InChI is InChI=1S/C32H41Cl2F2N5O3/c1-31(2,3)18-26-32(20-16-24(36)22(34)17-25(20)38-30(32)44)27(19-5-6-23(35)21(33)15-19)28(39-26)29(43)37-7-4-8-40-9-11-41(12-10-40)13-14-42/h5-6,15-17,26-28,39,42H,4,7-14,18H2,1-3H3,(H,37,43)(H,38,44)/t26-,27+,28-,32+/m1/s1. The number of piperazine rings is 1. The van der Waals surface area contributed by atoms with Gasteiger partial charge in [0, 0.05) is 56.9 Å². The Bertz CT molecular complexity index is 1400. The summed E-state index contributed by atoms with van der Waals surface area (Å²) in [6.07, 6.45) is 1.22. The lowest BCUT2D eigenvalue weighted by Crippen LogP contribution is -2.49. The molecule has 0 aromatic heterocycles. The molecular formula is C32H41Cl2F2N5O3. The molecule has 0 unspecified atom stereocenters. The summed E-state index contributed by atoms with van der Waals surface area (Å²) in [5, 5.41) is 18.4. The summed E-state index contributed by atoms with van der Waals surface area (Å²) in [4.78, 5) is 32.8. The number of β-amino-alcohol motifs (C(OH)–C–C–N with tert-alkyl or cyclic N) is 1. The zero-order valence-corrected chi connectivity index (χ0v) is 26.9. The molecule has 3 aliphatic heterocycles. The quantitative estimate of drug-likeness (QED) is 0.305. The van der Waals surface area contributed by atoms with Crippen LogP contribution in [-0.4, -0.2) is 91.2 Å². The maximum absolute atomic E-state index is 15.1. The lowest BCUT2D eigenvalue weighted by atomic mass is 9.62. The predicted molar refractivity (Wildman–Crippen MR) is 168 cm³/mol. The summed E-state index contributed by atoms with van der Waals surface area (Å²) in [6, 6.07) is 5.46. The number of carbonyl (C=O) groups excluding carboxylic acids is 2. The molecule has 3 heterocycles. The average Bonchev–Trinajstić information content (AvgIpc) is 3.43. The number of carbonyl (C=O) groups is 2. The Morgan fingerprint density at radius 2 is 1.70 bits per heavy atom. The second-order valence-electron chi connectivity index (χ2n) is 13.3. The number of fused-ring (bicyclic) bond motifs is 2. The first-order valence-corrected chi connectivity index (χ1v) is 16.0. The number of amides is 2. The van der Waals surface area contributed by atoms with E-state index in [1.165, 1.54) is 24.3 Å². The van der Waals surface area contributed by atoms with Crippen LogP contribution in [0.2, 0.25) is 10.0 Å². The number of halogens is 4. The molecule has 2 aromatic carbocycles. The summed E-state index contributed by atoms with van der Waals surface area (Å²) in [6.45, 7) is 11.8. The Balaban J connectivity index is 1.45. The van der Waals surface area contributed by atoms with E-state index in [1.807, 2.05) is 20.8 Å². The first kappa shape index (κ1) is 33.0. The number of benzene rings is 2. The Hall–Kier alpha value is -2.34. The average molecular weight is 653 g/mol. The van der Waals surface area contributed by atoms with Crippen molar-refractivity contribution in [2.75, 3.05) is 57.7 Å². The Morgan fingerprint density at radius 1 is 1.05 bits per heavy atom. The minimum absolute atomic E-state index is 0.120. The molecule has 2 aromatic rings. The molecule has 3 aliphatic rings. The molecule has 0 radical (unpaired) electrons. The van der Waals surface area contributed by atoms with Crippen molar-refractivity contribution < 1.29 is 23.5 Å². The summed E-state index contributed by atoms with van der Waals surface area (Å²) in [5.41, 5.74) is -0.367. The number of anilines is 1. The molecular weight excluding hydrogens is 611 g/mol. The molecule has 240 valence electrons. The topological polar surface area (TPSA) is 96.9 Å². The van der Waals surface area contributed by atoms with Gasteiger partial charge in [-0.2, -0.15) is 0 Å².